The fourth-order valence-corrected chi connectivity index (χ4v) is 6.07. The standard InChI is InChI=1S/C21H31N3O3S/c25-21(24(20-10-11-20)19-8-4-5-9-19)16-22-12-14-23(15-13-22)28(26,27)17-18-6-2-1-3-7-18/h1-3,6-7,19-20H,4-5,8-17H2. The van der Waals surface area contributed by atoms with Gasteiger partial charge < -0.3 is 4.90 Å². The summed E-state index contributed by atoms with van der Waals surface area (Å²) in [6.07, 6.45) is 7.06. The van der Waals surface area contributed by atoms with Crippen LogP contribution < -0.4 is 0 Å². The molecule has 3 aliphatic rings. The first-order valence-electron chi connectivity index (χ1n) is 10.6. The SMILES string of the molecule is O=C(CN1CCN(S(=O)(=O)Cc2ccccc2)CC1)N(C1CCCC1)C1CC1. The van der Waals surface area contributed by atoms with Crippen LogP contribution >= 0.6 is 0 Å². The van der Waals surface area contributed by atoms with Crippen molar-refractivity contribution in [1.29, 1.82) is 0 Å². The molecule has 2 saturated carbocycles. The summed E-state index contributed by atoms with van der Waals surface area (Å²) in [6.45, 7) is 2.62. The van der Waals surface area contributed by atoms with E-state index in [1.807, 2.05) is 30.3 Å². The maximum Gasteiger partial charge on any atom is 0.237 e. The van der Waals surface area contributed by atoms with Crippen molar-refractivity contribution in [2.24, 2.45) is 0 Å². The third-order valence-electron chi connectivity index (χ3n) is 6.22. The average Bonchev–Trinajstić information content (AvgIpc) is 3.36. The number of rotatable bonds is 7. The molecule has 4 rings (SSSR count). The largest absolute Gasteiger partial charge is 0.336 e. The van der Waals surface area contributed by atoms with Crippen molar-refractivity contribution >= 4 is 15.9 Å². The van der Waals surface area contributed by atoms with E-state index < -0.39 is 10.0 Å². The molecule has 1 amide bonds. The number of carbonyl (C=O) groups is 1. The number of hydrogen-bond donors (Lipinski definition) is 0. The lowest BCUT2D eigenvalue weighted by Crippen LogP contribution is -2.53. The quantitative estimate of drug-likeness (QED) is 0.697. The zero-order valence-corrected chi connectivity index (χ0v) is 17.3. The van der Waals surface area contributed by atoms with E-state index in [0.717, 1.165) is 31.2 Å². The Kier molecular flexibility index (Phi) is 6.04. The van der Waals surface area contributed by atoms with Crippen LogP contribution in [0.2, 0.25) is 0 Å². The van der Waals surface area contributed by atoms with Crippen LogP contribution in [0, 0.1) is 0 Å². The number of nitrogens with zero attached hydrogens (tertiary/aromatic N) is 3. The number of carbonyl (C=O) groups excluding carboxylic acids is 1. The molecule has 1 aromatic rings. The topological polar surface area (TPSA) is 60.9 Å². The summed E-state index contributed by atoms with van der Waals surface area (Å²) in [6, 6.07) is 10.2. The molecule has 0 bridgehead atoms. The van der Waals surface area contributed by atoms with E-state index in [4.69, 9.17) is 0 Å². The van der Waals surface area contributed by atoms with Crippen molar-refractivity contribution < 1.29 is 13.2 Å². The molecule has 0 unspecified atom stereocenters. The van der Waals surface area contributed by atoms with Crippen LogP contribution in [-0.4, -0.2) is 73.2 Å². The highest BCUT2D eigenvalue weighted by Gasteiger charge is 2.39. The van der Waals surface area contributed by atoms with Gasteiger partial charge in [0.05, 0.1) is 12.3 Å². The van der Waals surface area contributed by atoms with Crippen LogP contribution in [0.25, 0.3) is 0 Å². The summed E-state index contributed by atoms with van der Waals surface area (Å²) in [5, 5.41) is 0. The van der Waals surface area contributed by atoms with E-state index in [0.29, 0.717) is 44.8 Å². The zero-order valence-electron chi connectivity index (χ0n) is 16.5. The highest BCUT2D eigenvalue weighted by Crippen LogP contribution is 2.34. The van der Waals surface area contributed by atoms with Crippen LogP contribution in [0.4, 0.5) is 0 Å². The highest BCUT2D eigenvalue weighted by atomic mass is 32.2. The maximum atomic E-state index is 13.0. The molecule has 0 radical (unpaired) electrons. The van der Waals surface area contributed by atoms with Crippen molar-refractivity contribution in [2.45, 2.75) is 56.4 Å². The molecule has 2 aliphatic carbocycles. The van der Waals surface area contributed by atoms with E-state index in [1.54, 1.807) is 4.31 Å². The Hall–Kier alpha value is -1.44. The number of amides is 1. The molecule has 28 heavy (non-hydrogen) atoms. The lowest BCUT2D eigenvalue weighted by atomic mass is 10.2. The van der Waals surface area contributed by atoms with Crippen LogP contribution in [0.3, 0.4) is 0 Å². The number of hydrogen-bond acceptors (Lipinski definition) is 4. The van der Waals surface area contributed by atoms with Gasteiger partial charge in [-0.05, 0) is 31.2 Å². The monoisotopic (exact) mass is 405 g/mol. The predicted molar refractivity (Wildman–Crippen MR) is 109 cm³/mol. The van der Waals surface area contributed by atoms with Gasteiger partial charge in [0.1, 0.15) is 0 Å². The van der Waals surface area contributed by atoms with E-state index in [9.17, 15) is 13.2 Å². The lowest BCUT2D eigenvalue weighted by molar-refractivity contribution is -0.135. The second-order valence-electron chi connectivity index (χ2n) is 8.39. The Morgan fingerprint density at radius 2 is 1.54 bits per heavy atom. The fourth-order valence-electron chi connectivity index (χ4n) is 4.56. The van der Waals surface area contributed by atoms with E-state index in [-0.39, 0.29) is 11.7 Å². The Morgan fingerprint density at radius 1 is 0.929 bits per heavy atom. The molecule has 6 nitrogen and oxygen atoms in total. The average molecular weight is 406 g/mol. The fraction of sp³-hybridized carbons (Fsp3) is 0.667. The van der Waals surface area contributed by atoms with Gasteiger partial charge in [0.15, 0.2) is 0 Å². The van der Waals surface area contributed by atoms with Crippen molar-refractivity contribution in [2.75, 3.05) is 32.7 Å². The number of piperazine rings is 1. The zero-order chi connectivity index (χ0) is 19.6. The van der Waals surface area contributed by atoms with Gasteiger partial charge in [0.2, 0.25) is 15.9 Å². The Labute approximate surface area is 168 Å². The molecule has 1 aliphatic heterocycles. The van der Waals surface area contributed by atoms with E-state index in [1.165, 1.54) is 12.8 Å². The molecule has 1 saturated heterocycles. The minimum atomic E-state index is -3.31. The molecule has 0 N–H and O–H groups in total. The molecule has 7 heteroatoms. The van der Waals surface area contributed by atoms with Crippen molar-refractivity contribution in [1.82, 2.24) is 14.1 Å². The molecule has 3 fully saturated rings. The first-order valence-corrected chi connectivity index (χ1v) is 12.2. The normalized spacial score (nSPS) is 22.4. The van der Waals surface area contributed by atoms with E-state index in [2.05, 4.69) is 9.80 Å². The van der Waals surface area contributed by atoms with Crippen LogP contribution in [-0.2, 0) is 20.6 Å². The summed E-state index contributed by atoms with van der Waals surface area (Å²) in [4.78, 5) is 17.3. The van der Waals surface area contributed by atoms with Gasteiger partial charge in [-0.3, -0.25) is 9.69 Å². The number of benzene rings is 1. The summed E-state index contributed by atoms with van der Waals surface area (Å²) >= 11 is 0. The van der Waals surface area contributed by atoms with Crippen LogP contribution in [0.15, 0.2) is 30.3 Å². The van der Waals surface area contributed by atoms with Crippen molar-refractivity contribution in [3.63, 3.8) is 0 Å². The third kappa shape index (κ3) is 4.75. The minimum absolute atomic E-state index is 0.0455. The summed E-state index contributed by atoms with van der Waals surface area (Å²) in [5.74, 6) is 0.291. The highest BCUT2D eigenvalue weighted by molar-refractivity contribution is 7.88. The predicted octanol–water partition coefficient (Wildman–Crippen LogP) is 2.07. The second-order valence-corrected chi connectivity index (χ2v) is 10.4. The first-order chi connectivity index (χ1) is 13.5. The van der Waals surface area contributed by atoms with Gasteiger partial charge in [-0.1, -0.05) is 43.2 Å². The van der Waals surface area contributed by atoms with Crippen molar-refractivity contribution in [3.05, 3.63) is 35.9 Å². The lowest BCUT2D eigenvalue weighted by Gasteiger charge is -2.36. The molecule has 0 aromatic heterocycles. The van der Waals surface area contributed by atoms with Crippen LogP contribution in [0.5, 0.6) is 0 Å². The van der Waals surface area contributed by atoms with E-state index >= 15 is 0 Å². The third-order valence-corrected chi connectivity index (χ3v) is 8.07. The van der Waals surface area contributed by atoms with Gasteiger partial charge >= 0.3 is 0 Å². The Bertz CT molecular complexity index is 765. The van der Waals surface area contributed by atoms with Gasteiger partial charge in [-0.15, -0.1) is 0 Å². The van der Waals surface area contributed by atoms with Gasteiger partial charge in [0.25, 0.3) is 0 Å². The van der Waals surface area contributed by atoms with Crippen molar-refractivity contribution in [3.8, 4) is 0 Å². The molecular weight excluding hydrogens is 374 g/mol. The Balaban J connectivity index is 1.29. The first kappa shape index (κ1) is 19.9. The van der Waals surface area contributed by atoms with Crippen LogP contribution in [0.1, 0.15) is 44.1 Å². The minimum Gasteiger partial charge on any atom is -0.336 e. The second kappa shape index (κ2) is 8.51. The van der Waals surface area contributed by atoms with Gasteiger partial charge in [-0.25, -0.2) is 8.42 Å². The molecule has 154 valence electrons. The summed E-state index contributed by atoms with van der Waals surface area (Å²) in [7, 11) is -3.31. The summed E-state index contributed by atoms with van der Waals surface area (Å²) < 4.78 is 27.0. The maximum absolute atomic E-state index is 13.0. The van der Waals surface area contributed by atoms with Gasteiger partial charge in [0, 0.05) is 38.3 Å². The molecule has 0 atom stereocenters. The molecule has 0 spiro atoms. The smallest absolute Gasteiger partial charge is 0.237 e. The molecule has 1 aromatic carbocycles. The Morgan fingerprint density at radius 3 is 2.14 bits per heavy atom. The molecular formula is C21H31N3O3S. The summed E-state index contributed by atoms with van der Waals surface area (Å²) in [5.41, 5.74) is 0.816. The van der Waals surface area contributed by atoms with Gasteiger partial charge in [-0.2, -0.15) is 4.31 Å². The molecule has 1 heterocycles. The number of sulfonamides is 1.